The summed E-state index contributed by atoms with van der Waals surface area (Å²) in [5.74, 6) is 5.06. The average molecular weight is 357 g/mol. The highest BCUT2D eigenvalue weighted by Gasteiger charge is 2.31. The van der Waals surface area contributed by atoms with Gasteiger partial charge < -0.3 is 0 Å². The largest absolute Gasteiger partial charge is 0.207 e. The maximum Gasteiger partial charge on any atom is 0.123 e. The Morgan fingerprint density at radius 2 is 1.00 bits per heavy atom. The maximum absolute atomic E-state index is 13.0. The highest BCUT2D eigenvalue weighted by molar-refractivity contribution is 5.16. The summed E-state index contributed by atoms with van der Waals surface area (Å²) in [6.45, 7) is 0. The normalized spacial score (nSPS) is 32.5. The van der Waals surface area contributed by atoms with E-state index in [0.29, 0.717) is 0 Å². The van der Waals surface area contributed by atoms with Crippen molar-refractivity contribution in [2.75, 3.05) is 0 Å². The molecule has 0 unspecified atom stereocenters. The Labute approximate surface area is 160 Å². The molecular weight excluding hydrogens is 319 g/mol. The Balaban J connectivity index is 1.13. The van der Waals surface area contributed by atoms with Crippen molar-refractivity contribution < 1.29 is 4.39 Å². The first-order chi connectivity index (χ1) is 12.8. The quantitative estimate of drug-likeness (QED) is 0.473. The van der Waals surface area contributed by atoms with Crippen molar-refractivity contribution in [3.8, 4) is 0 Å². The number of hydrogen-bond acceptors (Lipinski definition) is 0. The summed E-state index contributed by atoms with van der Waals surface area (Å²) in [7, 11) is 0. The van der Waals surface area contributed by atoms with Crippen LogP contribution in [0.15, 0.2) is 24.3 Å². The summed E-state index contributed by atoms with van der Waals surface area (Å²) in [6, 6.07) is 7.13. The van der Waals surface area contributed by atoms with E-state index in [1.165, 1.54) is 89.0 Å². The molecule has 1 aromatic carbocycles. The van der Waals surface area contributed by atoms with Crippen LogP contribution in [0.3, 0.4) is 0 Å². The topological polar surface area (TPSA) is 0 Å². The lowest BCUT2D eigenvalue weighted by Crippen LogP contribution is -2.26. The second-order valence-corrected chi connectivity index (χ2v) is 9.75. The van der Waals surface area contributed by atoms with Crippen molar-refractivity contribution in [3.05, 3.63) is 35.6 Å². The van der Waals surface area contributed by atoms with Gasteiger partial charge >= 0.3 is 0 Å². The minimum absolute atomic E-state index is 0.114. The van der Waals surface area contributed by atoms with E-state index in [1.54, 1.807) is 12.1 Å². The lowest BCUT2D eigenvalue weighted by Gasteiger charge is -2.38. The van der Waals surface area contributed by atoms with Crippen LogP contribution in [0.4, 0.5) is 4.39 Å². The Kier molecular flexibility index (Phi) is 6.33. The van der Waals surface area contributed by atoms with Crippen LogP contribution >= 0.6 is 0 Å². The standard InChI is InChI=1S/C25H37F/c26-25-17-11-22(12-18-25)6-5-21-9-15-24(16-10-21)23-13-7-20(8-14-23)4-3-19-1-2-19/h11-12,17-21,23-24H,1-10,13-16H2. The van der Waals surface area contributed by atoms with E-state index in [0.717, 1.165) is 36.0 Å². The van der Waals surface area contributed by atoms with Crippen LogP contribution in [0.25, 0.3) is 0 Å². The van der Waals surface area contributed by atoms with Gasteiger partial charge in [-0.1, -0.05) is 63.5 Å². The van der Waals surface area contributed by atoms with Crippen LogP contribution in [-0.4, -0.2) is 0 Å². The minimum Gasteiger partial charge on any atom is -0.207 e. The van der Waals surface area contributed by atoms with Crippen molar-refractivity contribution in [2.24, 2.45) is 29.6 Å². The summed E-state index contributed by atoms with van der Waals surface area (Å²) in [4.78, 5) is 0. The molecule has 3 aliphatic rings. The number of benzene rings is 1. The molecule has 1 aromatic rings. The molecule has 0 aliphatic heterocycles. The van der Waals surface area contributed by atoms with Gasteiger partial charge in [0.1, 0.15) is 5.82 Å². The molecule has 0 heterocycles. The number of aryl methyl sites for hydroxylation is 1. The van der Waals surface area contributed by atoms with Gasteiger partial charge in [0.25, 0.3) is 0 Å². The van der Waals surface area contributed by atoms with Gasteiger partial charge in [0, 0.05) is 0 Å². The second-order valence-electron chi connectivity index (χ2n) is 9.75. The van der Waals surface area contributed by atoms with E-state index in [-0.39, 0.29) is 5.82 Å². The van der Waals surface area contributed by atoms with E-state index in [4.69, 9.17) is 0 Å². The molecule has 0 aromatic heterocycles. The summed E-state index contributed by atoms with van der Waals surface area (Å²) in [5.41, 5.74) is 1.30. The zero-order valence-corrected chi connectivity index (χ0v) is 16.5. The summed E-state index contributed by atoms with van der Waals surface area (Å²) in [5, 5.41) is 0. The van der Waals surface area contributed by atoms with Gasteiger partial charge in [0.05, 0.1) is 0 Å². The predicted molar refractivity (Wildman–Crippen MR) is 108 cm³/mol. The van der Waals surface area contributed by atoms with E-state index in [2.05, 4.69) is 0 Å². The lowest BCUT2D eigenvalue weighted by atomic mass is 9.68. The minimum atomic E-state index is -0.114. The second kappa shape index (κ2) is 8.89. The summed E-state index contributed by atoms with van der Waals surface area (Å²) >= 11 is 0. The SMILES string of the molecule is Fc1ccc(CCC2CCC(C3CCC(CCC4CC4)CC3)CC2)cc1. The zero-order chi connectivity index (χ0) is 17.8. The van der Waals surface area contributed by atoms with Gasteiger partial charge in [-0.05, 0) is 85.8 Å². The van der Waals surface area contributed by atoms with Crippen molar-refractivity contribution in [2.45, 2.75) is 89.9 Å². The first kappa shape index (κ1) is 18.5. The summed E-state index contributed by atoms with van der Waals surface area (Å²) in [6.07, 6.45) is 20.5. The molecule has 0 amide bonds. The Hall–Kier alpha value is -0.850. The predicted octanol–water partition coefficient (Wildman–Crippen LogP) is 7.56. The van der Waals surface area contributed by atoms with Crippen molar-refractivity contribution in [3.63, 3.8) is 0 Å². The van der Waals surface area contributed by atoms with Crippen LogP contribution in [-0.2, 0) is 6.42 Å². The van der Waals surface area contributed by atoms with Crippen molar-refractivity contribution in [1.29, 1.82) is 0 Å². The third kappa shape index (κ3) is 5.33. The molecule has 3 aliphatic carbocycles. The average Bonchev–Trinajstić information content (AvgIpc) is 3.51. The fraction of sp³-hybridized carbons (Fsp3) is 0.760. The van der Waals surface area contributed by atoms with Gasteiger partial charge in [-0.3, -0.25) is 0 Å². The number of hydrogen-bond donors (Lipinski definition) is 0. The fourth-order valence-corrected chi connectivity index (χ4v) is 5.80. The Morgan fingerprint density at radius 1 is 0.577 bits per heavy atom. The zero-order valence-electron chi connectivity index (χ0n) is 16.5. The first-order valence-electron chi connectivity index (χ1n) is 11.5. The van der Waals surface area contributed by atoms with E-state index < -0.39 is 0 Å². The highest BCUT2D eigenvalue weighted by Crippen LogP contribution is 2.44. The molecule has 144 valence electrons. The molecular formula is C25H37F. The maximum atomic E-state index is 13.0. The van der Waals surface area contributed by atoms with Gasteiger partial charge in [-0.15, -0.1) is 0 Å². The number of halogens is 1. The highest BCUT2D eigenvalue weighted by atomic mass is 19.1. The van der Waals surface area contributed by atoms with Crippen LogP contribution in [0.5, 0.6) is 0 Å². The third-order valence-corrected chi connectivity index (χ3v) is 7.88. The monoisotopic (exact) mass is 356 g/mol. The molecule has 0 spiro atoms. The van der Waals surface area contributed by atoms with E-state index in [1.807, 2.05) is 12.1 Å². The molecule has 0 radical (unpaired) electrons. The molecule has 0 saturated heterocycles. The van der Waals surface area contributed by atoms with Gasteiger partial charge in [-0.25, -0.2) is 4.39 Å². The van der Waals surface area contributed by atoms with Crippen LogP contribution in [0.2, 0.25) is 0 Å². The fourth-order valence-electron chi connectivity index (χ4n) is 5.80. The van der Waals surface area contributed by atoms with E-state index >= 15 is 0 Å². The Bertz CT molecular complexity index is 528. The van der Waals surface area contributed by atoms with Crippen molar-refractivity contribution >= 4 is 0 Å². The van der Waals surface area contributed by atoms with Gasteiger partial charge in [0.2, 0.25) is 0 Å². The smallest absolute Gasteiger partial charge is 0.123 e. The van der Waals surface area contributed by atoms with Crippen LogP contribution in [0, 0.1) is 35.4 Å². The number of rotatable bonds is 7. The molecule has 0 atom stereocenters. The molecule has 0 bridgehead atoms. The molecule has 26 heavy (non-hydrogen) atoms. The first-order valence-corrected chi connectivity index (χ1v) is 11.5. The Morgan fingerprint density at radius 3 is 1.46 bits per heavy atom. The molecule has 0 N–H and O–H groups in total. The molecule has 3 fully saturated rings. The van der Waals surface area contributed by atoms with Crippen LogP contribution < -0.4 is 0 Å². The van der Waals surface area contributed by atoms with Crippen molar-refractivity contribution in [1.82, 2.24) is 0 Å². The molecule has 4 rings (SSSR count). The van der Waals surface area contributed by atoms with Gasteiger partial charge in [0.15, 0.2) is 0 Å². The third-order valence-electron chi connectivity index (χ3n) is 7.88. The molecule has 0 nitrogen and oxygen atoms in total. The molecule has 1 heteroatoms. The lowest BCUT2D eigenvalue weighted by molar-refractivity contribution is 0.140. The van der Waals surface area contributed by atoms with Crippen LogP contribution in [0.1, 0.15) is 89.0 Å². The van der Waals surface area contributed by atoms with Gasteiger partial charge in [-0.2, -0.15) is 0 Å². The molecule has 3 saturated carbocycles. The van der Waals surface area contributed by atoms with E-state index in [9.17, 15) is 4.39 Å². The summed E-state index contributed by atoms with van der Waals surface area (Å²) < 4.78 is 13.0.